The lowest BCUT2D eigenvalue weighted by Crippen LogP contribution is -1.99. The molecule has 0 aliphatic carbocycles. The van der Waals surface area contributed by atoms with E-state index in [1.807, 2.05) is 0 Å². The summed E-state index contributed by atoms with van der Waals surface area (Å²) in [5, 5.41) is 0. The van der Waals surface area contributed by atoms with Gasteiger partial charge in [0, 0.05) is 0 Å². The first-order chi connectivity index (χ1) is 8.20. The minimum atomic E-state index is 0. The average molecular weight is 257 g/mol. The van der Waals surface area contributed by atoms with E-state index in [0.29, 0.717) is 0 Å². The van der Waals surface area contributed by atoms with E-state index in [-0.39, 0.29) is 7.43 Å². The van der Waals surface area contributed by atoms with Crippen molar-refractivity contribution in [1.29, 1.82) is 0 Å². The van der Waals surface area contributed by atoms with Gasteiger partial charge in [0.15, 0.2) is 0 Å². The molecule has 0 radical (unpaired) electrons. The second-order valence-corrected chi connectivity index (χ2v) is 6.13. The zero-order valence-corrected chi connectivity index (χ0v) is 12.9. The van der Waals surface area contributed by atoms with Crippen molar-refractivity contribution >= 4 is 0 Å². The van der Waals surface area contributed by atoms with Crippen molar-refractivity contribution in [2.45, 2.75) is 106 Å². The Kier molecular flexibility index (Phi) is 17.0. The van der Waals surface area contributed by atoms with Crippen molar-refractivity contribution in [3.63, 3.8) is 0 Å². The Bertz CT molecular complexity index is 139. The lowest BCUT2D eigenvalue weighted by molar-refractivity contribution is 0.395. The van der Waals surface area contributed by atoms with E-state index in [9.17, 15) is 0 Å². The smallest absolute Gasteiger partial charge is 0.0443 e. The average Bonchev–Trinajstić information content (AvgIpc) is 2.32. The molecule has 0 aromatic carbocycles. The molecule has 0 N–H and O–H groups in total. The van der Waals surface area contributed by atoms with Gasteiger partial charge in [-0.3, -0.25) is 0 Å². The van der Waals surface area contributed by atoms with Gasteiger partial charge in [-0.25, -0.2) is 0 Å². The molecule has 2 atom stereocenters. The van der Waals surface area contributed by atoms with E-state index in [4.69, 9.17) is 0 Å². The number of rotatable bonds is 12. The molecule has 112 valence electrons. The number of hydrogen-bond acceptors (Lipinski definition) is 0. The first kappa shape index (κ1) is 20.3. The molecule has 0 bridgehead atoms. The molecule has 0 fully saturated rings. The maximum atomic E-state index is 2.45. The van der Waals surface area contributed by atoms with Gasteiger partial charge >= 0.3 is 0 Å². The van der Waals surface area contributed by atoms with Crippen LogP contribution in [0.2, 0.25) is 0 Å². The minimum Gasteiger partial charge on any atom is -0.0776 e. The molecule has 18 heavy (non-hydrogen) atoms. The summed E-state index contributed by atoms with van der Waals surface area (Å²) in [7, 11) is 0. The van der Waals surface area contributed by atoms with Crippen LogP contribution in [0, 0.1) is 11.8 Å². The molecule has 0 heteroatoms. The summed E-state index contributed by atoms with van der Waals surface area (Å²) >= 11 is 0. The summed E-state index contributed by atoms with van der Waals surface area (Å²) in [5.41, 5.74) is 0. The largest absolute Gasteiger partial charge is 0.0776 e. The lowest BCUT2D eigenvalue weighted by Gasteiger charge is -2.14. The normalized spacial score (nSPS) is 14.0. The Balaban J connectivity index is 0. The lowest BCUT2D eigenvalue weighted by atomic mass is 9.92. The molecule has 0 rings (SSSR count). The van der Waals surface area contributed by atoms with Crippen molar-refractivity contribution in [2.75, 3.05) is 0 Å². The van der Waals surface area contributed by atoms with Gasteiger partial charge in [-0.2, -0.15) is 0 Å². The van der Waals surface area contributed by atoms with Crippen LogP contribution in [0.3, 0.4) is 0 Å². The molecule has 0 aromatic heterocycles. The third-order valence-electron chi connectivity index (χ3n) is 3.99. The van der Waals surface area contributed by atoms with E-state index < -0.39 is 0 Å². The Morgan fingerprint density at radius 3 is 1.50 bits per heavy atom. The van der Waals surface area contributed by atoms with Gasteiger partial charge < -0.3 is 0 Å². The van der Waals surface area contributed by atoms with E-state index in [0.717, 1.165) is 11.8 Å². The fourth-order valence-electron chi connectivity index (χ4n) is 2.58. The van der Waals surface area contributed by atoms with Crippen LogP contribution >= 0.6 is 0 Å². The van der Waals surface area contributed by atoms with Crippen LogP contribution in [0.15, 0.2) is 0 Å². The van der Waals surface area contributed by atoms with Crippen molar-refractivity contribution in [1.82, 2.24) is 0 Å². The highest BCUT2D eigenvalue weighted by Crippen LogP contribution is 2.20. The molecule has 0 amide bonds. The second kappa shape index (κ2) is 15.1. The third-order valence-corrected chi connectivity index (χ3v) is 3.99. The molecule has 2 unspecified atom stereocenters. The van der Waals surface area contributed by atoms with Crippen LogP contribution in [0.4, 0.5) is 0 Å². The van der Waals surface area contributed by atoms with Crippen LogP contribution in [-0.4, -0.2) is 0 Å². The molecule has 0 saturated carbocycles. The predicted molar refractivity (Wildman–Crippen MR) is 87.2 cm³/mol. The Labute approximate surface area is 118 Å². The maximum absolute atomic E-state index is 2.45. The molecule has 0 spiro atoms. The van der Waals surface area contributed by atoms with Crippen molar-refractivity contribution in [3.8, 4) is 0 Å². The molecule has 0 saturated heterocycles. The summed E-state index contributed by atoms with van der Waals surface area (Å²) in [6, 6.07) is 0. The summed E-state index contributed by atoms with van der Waals surface area (Å²) < 4.78 is 0. The zero-order chi connectivity index (χ0) is 12.9. The fraction of sp³-hybridized carbons (Fsp3) is 1.00. The van der Waals surface area contributed by atoms with E-state index >= 15 is 0 Å². The highest BCUT2D eigenvalue weighted by molar-refractivity contribution is 4.58. The summed E-state index contributed by atoms with van der Waals surface area (Å²) in [5.74, 6) is 1.92. The molecular formula is C18H40. The van der Waals surface area contributed by atoms with Crippen LogP contribution in [0.25, 0.3) is 0 Å². The van der Waals surface area contributed by atoms with E-state index in [1.54, 1.807) is 0 Å². The number of hydrogen-bond donors (Lipinski definition) is 0. The number of unbranched alkanes of at least 4 members (excludes halogenated alkanes) is 4. The quantitative estimate of drug-likeness (QED) is 0.323. The molecule has 0 aromatic rings. The Hall–Kier alpha value is 0. The van der Waals surface area contributed by atoms with Crippen LogP contribution < -0.4 is 0 Å². The van der Waals surface area contributed by atoms with Gasteiger partial charge in [0.05, 0.1) is 0 Å². The first-order valence-corrected chi connectivity index (χ1v) is 8.20. The zero-order valence-electron chi connectivity index (χ0n) is 12.9. The van der Waals surface area contributed by atoms with Crippen molar-refractivity contribution in [2.24, 2.45) is 11.8 Å². The SMILES string of the molecule is C.CCCCCCC(C)CCCC(C)CCCC. The van der Waals surface area contributed by atoms with Crippen LogP contribution in [0.1, 0.15) is 106 Å². The van der Waals surface area contributed by atoms with E-state index in [2.05, 4.69) is 27.7 Å². The Morgan fingerprint density at radius 2 is 1.00 bits per heavy atom. The van der Waals surface area contributed by atoms with Crippen molar-refractivity contribution < 1.29 is 0 Å². The van der Waals surface area contributed by atoms with Gasteiger partial charge in [0.2, 0.25) is 0 Å². The highest BCUT2D eigenvalue weighted by atomic mass is 14.1. The minimum absolute atomic E-state index is 0. The fourth-order valence-corrected chi connectivity index (χ4v) is 2.58. The molecule has 0 heterocycles. The van der Waals surface area contributed by atoms with Gasteiger partial charge in [-0.15, -0.1) is 0 Å². The Morgan fingerprint density at radius 1 is 0.556 bits per heavy atom. The maximum Gasteiger partial charge on any atom is -0.0443 e. The topological polar surface area (TPSA) is 0 Å². The monoisotopic (exact) mass is 256 g/mol. The summed E-state index contributed by atoms with van der Waals surface area (Å²) in [6.07, 6.45) is 15.8. The predicted octanol–water partition coefficient (Wildman–Crippen LogP) is 7.23. The van der Waals surface area contributed by atoms with Crippen LogP contribution in [-0.2, 0) is 0 Å². The molecular weight excluding hydrogens is 216 g/mol. The van der Waals surface area contributed by atoms with Crippen molar-refractivity contribution in [3.05, 3.63) is 0 Å². The van der Waals surface area contributed by atoms with Crippen LogP contribution in [0.5, 0.6) is 0 Å². The molecule has 0 aliphatic heterocycles. The van der Waals surface area contributed by atoms with Gasteiger partial charge in [-0.05, 0) is 11.8 Å². The highest BCUT2D eigenvalue weighted by Gasteiger charge is 2.05. The van der Waals surface area contributed by atoms with Gasteiger partial charge in [0.25, 0.3) is 0 Å². The van der Waals surface area contributed by atoms with E-state index in [1.165, 1.54) is 70.6 Å². The standard InChI is InChI=1S/C17H36.CH4/c1-5-7-9-10-13-17(4)15-11-14-16(3)12-8-6-2;/h16-17H,5-15H2,1-4H3;1H4. The third kappa shape index (κ3) is 14.1. The summed E-state index contributed by atoms with van der Waals surface area (Å²) in [4.78, 5) is 0. The summed E-state index contributed by atoms with van der Waals surface area (Å²) in [6.45, 7) is 9.47. The first-order valence-electron chi connectivity index (χ1n) is 8.20. The molecule has 0 aliphatic rings. The second-order valence-electron chi connectivity index (χ2n) is 6.13. The van der Waals surface area contributed by atoms with Gasteiger partial charge in [-0.1, -0.05) is 106 Å². The molecule has 0 nitrogen and oxygen atoms in total. The van der Waals surface area contributed by atoms with Gasteiger partial charge in [0.1, 0.15) is 0 Å².